The van der Waals surface area contributed by atoms with Crippen LogP contribution >= 0.6 is 11.8 Å². The molecule has 0 bridgehead atoms. The number of halogens is 1. The van der Waals surface area contributed by atoms with Gasteiger partial charge in [-0.2, -0.15) is 0 Å². The number of benzene rings is 2. The molecule has 0 aliphatic heterocycles. The summed E-state index contributed by atoms with van der Waals surface area (Å²) >= 11 is 1.34. The highest BCUT2D eigenvalue weighted by atomic mass is 32.2. The molecule has 4 rings (SSSR count). The summed E-state index contributed by atoms with van der Waals surface area (Å²) in [4.78, 5) is 12.5. The zero-order valence-electron chi connectivity index (χ0n) is 14.8. The maximum absolute atomic E-state index is 14.2. The Morgan fingerprint density at radius 2 is 1.85 bits per heavy atom. The van der Waals surface area contributed by atoms with Gasteiger partial charge in [-0.1, -0.05) is 42.1 Å². The predicted molar refractivity (Wildman–Crippen MR) is 104 cm³/mol. The minimum atomic E-state index is -0.361. The molecule has 0 saturated heterocycles. The summed E-state index contributed by atoms with van der Waals surface area (Å²) in [5, 5.41) is 11.7. The Kier molecular flexibility index (Phi) is 4.94. The zero-order chi connectivity index (χ0) is 18.8. The van der Waals surface area contributed by atoms with E-state index in [2.05, 4.69) is 15.5 Å². The standard InChI is InChI=1S/C20H19FN4OS/c1-13(19(26)22-14-7-3-2-4-8-14)27-20-24-23-18(25(20)15-11-12-15)16-9-5-6-10-17(16)21/h2-10,13,15H,11-12H2,1H3,(H,22,26)/t13-/m0/s1. The fourth-order valence-corrected chi connectivity index (χ4v) is 3.74. The van der Waals surface area contributed by atoms with E-state index in [0.29, 0.717) is 16.5 Å². The molecule has 7 heteroatoms. The highest BCUT2D eigenvalue weighted by molar-refractivity contribution is 8.00. The monoisotopic (exact) mass is 382 g/mol. The summed E-state index contributed by atoms with van der Waals surface area (Å²) in [6.45, 7) is 1.83. The number of nitrogens with one attached hydrogen (secondary N) is 1. The van der Waals surface area contributed by atoms with Gasteiger partial charge in [-0.25, -0.2) is 4.39 Å². The first-order chi connectivity index (χ1) is 13.1. The van der Waals surface area contributed by atoms with E-state index in [4.69, 9.17) is 0 Å². The zero-order valence-corrected chi connectivity index (χ0v) is 15.6. The largest absolute Gasteiger partial charge is 0.325 e. The maximum Gasteiger partial charge on any atom is 0.237 e. The molecule has 1 fully saturated rings. The molecular formula is C20H19FN4OS. The first-order valence-electron chi connectivity index (χ1n) is 8.86. The van der Waals surface area contributed by atoms with E-state index in [0.717, 1.165) is 18.5 Å². The van der Waals surface area contributed by atoms with E-state index in [-0.39, 0.29) is 23.0 Å². The van der Waals surface area contributed by atoms with Crippen molar-refractivity contribution < 1.29 is 9.18 Å². The summed E-state index contributed by atoms with van der Waals surface area (Å²) in [5.74, 6) is 0.0935. The first-order valence-corrected chi connectivity index (χ1v) is 9.74. The second-order valence-electron chi connectivity index (χ2n) is 6.50. The molecule has 1 heterocycles. The van der Waals surface area contributed by atoms with Crippen LogP contribution in [0.25, 0.3) is 11.4 Å². The average molecular weight is 382 g/mol. The van der Waals surface area contributed by atoms with Crippen molar-refractivity contribution in [1.82, 2.24) is 14.8 Å². The quantitative estimate of drug-likeness (QED) is 0.636. The lowest BCUT2D eigenvalue weighted by Gasteiger charge is -2.13. The van der Waals surface area contributed by atoms with Crippen LogP contribution in [0, 0.1) is 5.82 Å². The van der Waals surface area contributed by atoms with E-state index in [1.165, 1.54) is 17.8 Å². The van der Waals surface area contributed by atoms with Gasteiger partial charge in [0.15, 0.2) is 11.0 Å². The summed E-state index contributed by atoms with van der Waals surface area (Å²) in [6, 6.07) is 16.2. The Morgan fingerprint density at radius 1 is 1.15 bits per heavy atom. The number of para-hydroxylation sites is 1. The molecule has 2 aromatic carbocycles. The van der Waals surface area contributed by atoms with Crippen molar-refractivity contribution in [2.45, 2.75) is 36.2 Å². The van der Waals surface area contributed by atoms with Crippen molar-refractivity contribution in [2.75, 3.05) is 5.32 Å². The van der Waals surface area contributed by atoms with Crippen LogP contribution in [-0.2, 0) is 4.79 Å². The summed E-state index contributed by atoms with van der Waals surface area (Å²) in [6.07, 6.45) is 2.02. The molecular weight excluding hydrogens is 363 g/mol. The molecule has 1 saturated carbocycles. The number of thioether (sulfide) groups is 1. The molecule has 5 nitrogen and oxygen atoms in total. The van der Waals surface area contributed by atoms with Crippen molar-refractivity contribution in [3.63, 3.8) is 0 Å². The van der Waals surface area contributed by atoms with Gasteiger partial charge in [-0.05, 0) is 44.0 Å². The van der Waals surface area contributed by atoms with Gasteiger partial charge < -0.3 is 5.32 Å². The molecule has 1 aliphatic carbocycles. The molecule has 0 radical (unpaired) electrons. The van der Waals surface area contributed by atoms with Crippen LogP contribution in [-0.4, -0.2) is 25.9 Å². The third kappa shape index (κ3) is 3.88. The normalized spacial score (nSPS) is 14.7. The van der Waals surface area contributed by atoms with Crippen LogP contribution < -0.4 is 5.32 Å². The van der Waals surface area contributed by atoms with E-state index in [1.54, 1.807) is 18.2 Å². The van der Waals surface area contributed by atoms with E-state index >= 15 is 0 Å². The molecule has 1 amide bonds. The lowest BCUT2D eigenvalue weighted by atomic mass is 10.2. The number of nitrogens with zero attached hydrogens (tertiary/aromatic N) is 3. The van der Waals surface area contributed by atoms with Crippen LogP contribution in [0.1, 0.15) is 25.8 Å². The van der Waals surface area contributed by atoms with Crippen molar-refractivity contribution >= 4 is 23.4 Å². The van der Waals surface area contributed by atoms with Gasteiger partial charge in [0.2, 0.25) is 5.91 Å². The van der Waals surface area contributed by atoms with E-state index < -0.39 is 0 Å². The van der Waals surface area contributed by atoms with Crippen molar-refractivity contribution in [2.24, 2.45) is 0 Å². The molecule has 0 unspecified atom stereocenters. The second kappa shape index (κ2) is 7.52. The van der Waals surface area contributed by atoms with Crippen molar-refractivity contribution in [3.05, 3.63) is 60.4 Å². The van der Waals surface area contributed by atoms with Crippen LogP contribution in [0.2, 0.25) is 0 Å². The Bertz CT molecular complexity index is 956. The molecule has 3 aromatic rings. The van der Waals surface area contributed by atoms with Crippen LogP contribution in [0.3, 0.4) is 0 Å². The molecule has 27 heavy (non-hydrogen) atoms. The van der Waals surface area contributed by atoms with Gasteiger partial charge in [0.25, 0.3) is 0 Å². The first kappa shape index (κ1) is 17.7. The minimum absolute atomic E-state index is 0.107. The predicted octanol–water partition coefficient (Wildman–Crippen LogP) is 4.54. The van der Waals surface area contributed by atoms with Gasteiger partial charge >= 0.3 is 0 Å². The van der Waals surface area contributed by atoms with Gasteiger partial charge in [0, 0.05) is 11.7 Å². The molecule has 1 aliphatic rings. The van der Waals surface area contributed by atoms with Gasteiger partial charge in [-0.15, -0.1) is 10.2 Å². The highest BCUT2D eigenvalue weighted by Gasteiger charge is 2.32. The molecule has 138 valence electrons. The fraction of sp³-hybridized carbons (Fsp3) is 0.250. The smallest absolute Gasteiger partial charge is 0.237 e. The number of anilines is 1. The number of hydrogen-bond donors (Lipinski definition) is 1. The lowest BCUT2D eigenvalue weighted by Crippen LogP contribution is -2.22. The highest BCUT2D eigenvalue weighted by Crippen LogP contribution is 2.42. The summed E-state index contributed by atoms with van der Waals surface area (Å²) in [7, 11) is 0. The van der Waals surface area contributed by atoms with Crippen LogP contribution in [0.15, 0.2) is 59.8 Å². The Morgan fingerprint density at radius 3 is 2.56 bits per heavy atom. The number of aromatic nitrogens is 3. The number of carbonyl (C=O) groups is 1. The third-order valence-corrected chi connectivity index (χ3v) is 5.44. The van der Waals surface area contributed by atoms with Crippen molar-refractivity contribution in [3.8, 4) is 11.4 Å². The SMILES string of the molecule is C[C@H](Sc1nnc(-c2ccccc2F)n1C1CC1)C(=O)Nc1ccccc1. The van der Waals surface area contributed by atoms with E-state index in [9.17, 15) is 9.18 Å². The van der Waals surface area contributed by atoms with Gasteiger partial charge in [0.05, 0.1) is 10.8 Å². The number of amides is 1. The van der Waals surface area contributed by atoms with Crippen LogP contribution in [0.5, 0.6) is 0 Å². The number of carbonyl (C=O) groups excluding carboxylic acids is 1. The molecule has 1 atom stereocenters. The minimum Gasteiger partial charge on any atom is -0.325 e. The Balaban J connectivity index is 1.56. The summed E-state index contributed by atoms with van der Waals surface area (Å²) < 4.78 is 16.2. The second-order valence-corrected chi connectivity index (χ2v) is 7.81. The number of hydrogen-bond acceptors (Lipinski definition) is 4. The van der Waals surface area contributed by atoms with E-state index in [1.807, 2.05) is 41.8 Å². The fourth-order valence-electron chi connectivity index (χ4n) is 2.82. The average Bonchev–Trinajstić information content (AvgIpc) is 3.43. The summed E-state index contributed by atoms with van der Waals surface area (Å²) in [5.41, 5.74) is 1.19. The van der Waals surface area contributed by atoms with Gasteiger partial charge in [-0.3, -0.25) is 9.36 Å². The Labute approximate surface area is 161 Å². The maximum atomic E-state index is 14.2. The molecule has 0 spiro atoms. The van der Waals surface area contributed by atoms with Crippen LogP contribution in [0.4, 0.5) is 10.1 Å². The molecule has 1 N–H and O–H groups in total. The van der Waals surface area contributed by atoms with Crippen molar-refractivity contribution in [1.29, 1.82) is 0 Å². The van der Waals surface area contributed by atoms with Gasteiger partial charge in [0.1, 0.15) is 5.82 Å². The molecule has 1 aromatic heterocycles. The topological polar surface area (TPSA) is 59.8 Å². The number of rotatable bonds is 6. The Hall–Kier alpha value is -2.67. The lowest BCUT2D eigenvalue weighted by molar-refractivity contribution is -0.115. The third-order valence-electron chi connectivity index (χ3n) is 4.38.